The number of para-hydroxylation sites is 1. The van der Waals surface area contributed by atoms with Gasteiger partial charge in [-0.05, 0) is 72.9 Å². The Hall–Kier alpha value is -4.70. The van der Waals surface area contributed by atoms with Crippen LogP contribution >= 0.6 is 12.2 Å². The number of furan rings is 1. The summed E-state index contributed by atoms with van der Waals surface area (Å²) in [5.41, 5.74) is -0.945. The van der Waals surface area contributed by atoms with E-state index in [1.165, 1.54) is 36.4 Å². The van der Waals surface area contributed by atoms with E-state index < -0.39 is 23.6 Å². The first-order valence-corrected chi connectivity index (χ1v) is 11.6. The van der Waals surface area contributed by atoms with E-state index in [1.807, 2.05) is 18.2 Å². The van der Waals surface area contributed by atoms with Gasteiger partial charge in [-0.2, -0.15) is 13.2 Å². The summed E-state index contributed by atoms with van der Waals surface area (Å²) in [6.45, 7) is 0. The van der Waals surface area contributed by atoms with Crippen molar-refractivity contribution in [1.29, 1.82) is 0 Å². The van der Waals surface area contributed by atoms with Gasteiger partial charge in [0.2, 0.25) is 0 Å². The second-order valence-corrected chi connectivity index (χ2v) is 8.50. The molecule has 0 bridgehead atoms. The average molecular weight is 535 g/mol. The normalized spacial score (nSPS) is 15.1. The highest BCUT2D eigenvalue weighted by Crippen LogP contribution is 2.38. The van der Waals surface area contributed by atoms with E-state index in [4.69, 9.17) is 21.4 Å². The summed E-state index contributed by atoms with van der Waals surface area (Å²) in [7, 11) is 0. The molecule has 6 nitrogen and oxygen atoms in total. The molecule has 0 radical (unpaired) electrons. The van der Waals surface area contributed by atoms with Crippen LogP contribution in [0.3, 0.4) is 0 Å². The summed E-state index contributed by atoms with van der Waals surface area (Å²) in [5.74, 6) is -0.349. The van der Waals surface area contributed by atoms with Crippen LogP contribution in [0, 0.1) is 0 Å². The third-order valence-electron chi connectivity index (χ3n) is 5.59. The Morgan fingerprint density at radius 3 is 2.21 bits per heavy atom. The van der Waals surface area contributed by atoms with Crippen molar-refractivity contribution in [3.05, 3.63) is 108 Å². The van der Waals surface area contributed by atoms with Crippen molar-refractivity contribution in [1.82, 2.24) is 5.32 Å². The fraction of sp³-hybridized carbons (Fsp3) is 0.0357. The molecule has 5 rings (SSSR count). The van der Waals surface area contributed by atoms with Crippen LogP contribution in [0.5, 0.6) is 11.5 Å². The number of hydrogen-bond acceptors (Lipinski definition) is 5. The smallest absolute Gasteiger partial charge is 0.417 e. The maximum Gasteiger partial charge on any atom is 0.417 e. The number of alkyl halides is 3. The lowest BCUT2D eigenvalue weighted by Gasteiger charge is -2.28. The van der Waals surface area contributed by atoms with Crippen molar-refractivity contribution in [2.75, 3.05) is 4.90 Å². The molecule has 190 valence electrons. The number of ether oxygens (including phenoxy) is 1. The van der Waals surface area contributed by atoms with Gasteiger partial charge in [0, 0.05) is 5.56 Å². The zero-order valence-corrected chi connectivity index (χ0v) is 20.2. The predicted octanol–water partition coefficient (Wildman–Crippen LogP) is 6.59. The highest BCUT2D eigenvalue weighted by molar-refractivity contribution is 7.80. The van der Waals surface area contributed by atoms with Gasteiger partial charge >= 0.3 is 6.18 Å². The maximum atomic E-state index is 13.4. The fourth-order valence-electron chi connectivity index (χ4n) is 3.84. The molecule has 2 amide bonds. The number of rotatable bonds is 5. The SMILES string of the molecule is O=C1NC(=S)N(c2ccc(Oc3ccccc3)cc2)C(=O)C1=Cc1ccc(-c2ccccc2C(F)(F)F)o1. The molecule has 0 unspecified atom stereocenters. The number of nitrogens with zero attached hydrogens (tertiary/aromatic N) is 1. The Balaban J connectivity index is 1.41. The minimum absolute atomic E-state index is 0.0230. The summed E-state index contributed by atoms with van der Waals surface area (Å²) in [6, 6.07) is 23.3. The second-order valence-electron chi connectivity index (χ2n) is 8.11. The maximum absolute atomic E-state index is 13.4. The summed E-state index contributed by atoms with van der Waals surface area (Å²) >= 11 is 5.22. The molecule has 38 heavy (non-hydrogen) atoms. The summed E-state index contributed by atoms with van der Waals surface area (Å²) in [5, 5.41) is 2.34. The molecule has 10 heteroatoms. The van der Waals surface area contributed by atoms with Gasteiger partial charge in [0.15, 0.2) is 5.11 Å². The molecular weight excluding hydrogens is 517 g/mol. The van der Waals surface area contributed by atoms with Crippen LogP contribution in [0.1, 0.15) is 11.3 Å². The molecule has 1 N–H and O–H groups in total. The van der Waals surface area contributed by atoms with E-state index in [0.717, 1.165) is 11.0 Å². The Bertz CT molecular complexity index is 1560. The Morgan fingerprint density at radius 2 is 1.50 bits per heavy atom. The first-order valence-electron chi connectivity index (χ1n) is 11.2. The molecule has 0 saturated carbocycles. The Kier molecular flexibility index (Phi) is 6.56. The molecule has 0 spiro atoms. The minimum atomic E-state index is -4.58. The molecular formula is C28H17F3N2O4S. The highest BCUT2D eigenvalue weighted by Gasteiger charge is 2.36. The van der Waals surface area contributed by atoms with Crippen LogP contribution in [0.15, 0.2) is 101 Å². The van der Waals surface area contributed by atoms with E-state index in [0.29, 0.717) is 17.2 Å². The lowest BCUT2D eigenvalue weighted by Crippen LogP contribution is -2.54. The lowest BCUT2D eigenvalue weighted by molar-refractivity contribution is -0.137. The van der Waals surface area contributed by atoms with Gasteiger partial charge in [0.1, 0.15) is 28.6 Å². The Labute approximate surface area is 219 Å². The van der Waals surface area contributed by atoms with Crippen molar-refractivity contribution in [3.63, 3.8) is 0 Å². The fourth-order valence-corrected chi connectivity index (χ4v) is 4.12. The van der Waals surface area contributed by atoms with Crippen LogP contribution in [0.4, 0.5) is 18.9 Å². The number of carbonyl (C=O) groups excluding carboxylic acids is 2. The monoisotopic (exact) mass is 534 g/mol. The number of amides is 2. The first kappa shape index (κ1) is 25.0. The van der Waals surface area contributed by atoms with E-state index in [-0.39, 0.29) is 27.8 Å². The van der Waals surface area contributed by atoms with Crippen LogP contribution in [0.2, 0.25) is 0 Å². The van der Waals surface area contributed by atoms with Crippen molar-refractivity contribution < 1.29 is 31.9 Å². The van der Waals surface area contributed by atoms with Crippen LogP contribution in [-0.2, 0) is 15.8 Å². The third-order valence-corrected chi connectivity index (χ3v) is 5.87. The zero-order chi connectivity index (χ0) is 26.9. The number of benzene rings is 3. The lowest BCUT2D eigenvalue weighted by atomic mass is 10.1. The summed E-state index contributed by atoms with van der Waals surface area (Å²) in [6.07, 6.45) is -3.42. The minimum Gasteiger partial charge on any atom is -0.457 e. The van der Waals surface area contributed by atoms with Crippen molar-refractivity contribution in [2.24, 2.45) is 0 Å². The molecule has 3 aromatic carbocycles. The topological polar surface area (TPSA) is 71.8 Å². The standard InChI is InChI=1S/C28H17F3N2O4S/c29-28(30,31)23-9-5-4-8-21(23)24-15-14-20(37-24)16-22-25(34)32-27(38)33(26(22)35)17-10-12-19(13-11-17)36-18-6-2-1-3-7-18/h1-16H,(H,32,34,38). The number of carbonyl (C=O) groups is 2. The molecule has 2 heterocycles. The molecule has 0 atom stereocenters. The van der Waals surface area contributed by atoms with E-state index >= 15 is 0 Å². The van der Waals surface area contributed by atoms with Gasteiger partial charge in [-0.3, -0.25) is 19.8 Å². The highest BCUT2D eigenvalue weighted by atomic mass is 32.1. The molecule has 1 aliphatic heterocycles. The number of thiocarbonyl (C=S) groups is 1. The first-order chi connectivity index (χ1) is 18.2. The molecule has 4 aromatic rings. The Morgan fingerprint density at radius 1 is 0.842 bits per heavy atom. The summed E-state index contributed by atoms with van der Waals surface area (Å²) in [4.78, 5) is 27.0. The molecule has 0 aliphatic carbocycles. The van der Waals surface area contributed by atoms with Crippen LogP contribution < -0.4 is 15.0 Å². The molecule has 1 aliphatic rings. The van der Waals surface area contributed by atoms with Crippen molar-refractivity contribution in [3.8, 4) is 22.8 Å². The largest absolute Gasteiger partial charge is 0.457 e. The van der Waals surface area contributed by atoms with Crippen LogP contribution in [-0.4, -0.2) is 16.9 Å². The van der Waals surface area contributed by atoms with Gasteiger partial charge in [0.05, 0.1) is 11.3 Å². The van der Waals surface area contributed by atoms with Crippen LogP contribution in [0.25, 0.3) is 17.4 Å². The zero-order valence-electron chi connectivity index (χ0n) is 19.4. The van der Waals surface area contributed by atoms with Crippen molar-refractivity contribution >= 4 is 40.9 Å². The summed E-state index contributed by atoms with van der Waals surface area (Å²) < 4.78 is 51.6. The molecule has 1 aromatic heterocycles. The molecule has 1 saturated heterocycles. The number of nitrogens with one attached hydrogen (secondary N) is 1. The number of hydrogen-bond donors (Lipinski definition) is 1. The predicted molar refractivity (Wildman–Crippen MR) is 138 cm³/mol. The van der Waals surface area contributed by atoms with E-state index in [1.54, 1.807) is 36.4 Å². The number of halogens is 3. The third kappa shape index (κ3) is 5.07. The van der Waals surface area contributed by atoms with Crippen molar-refractivity contribution in [2.45, 2.75) is 6.18 Å². The van der Waals surface area contributed by atoms with E-state index in [9.17, 15) is 22.8 Å². The van der Waals surface area contributed by atoms with Gasteiger partial charge in [0.25, 0.3) is 11.8 Å². The quantitative estimate of drug-likeness (QED) is 0.178. The van der Waals surface area contributed by atoms with Gasteiger partial charge in [-0.25, -0.2) is 0 Å². The van der Waals surface area contributed by atoms with Gasteiger partial charge in [-0.1, -0.05) is 36.4 Å². The number of anilines is 1. The van der Waals surface area contributed by atoms with Gasteiger partial charge in [-0.15, -0.1) is 0 Å². The van der Waals surface area contributed by atoms with Gasteiger partial charge < -0.3 is 9.15 Å². The average Bonchev–Trinajstić information content (AvgIpc) is 3.36. The second kappa shape index (κ2) is 9.98. The van der Waals surface area contributed by atoms with E-state index in [2.05, 4.69) is 5.32 Å². The molecule has 1 fully saturated rings.